The molecule has 6 nitrogen and oxygen atoms in total. The quantitative estimate of drug-likeness (QED) is 0.645. The van der Waals surface area contributed by atoms with Crippen molar-refractivity contribution >= 4 is 11.6 Å². The van der Waals surface area contributed by atoms with Gasteiger partial charge in [0, 0.05) is 25.2 Å². The van der Waals surface area contributed by atoms with E-state index in [2.05, 4.69) is 0 Å². The van der Waals surface area contributed by atoms with Crippen LogP contribution in [-0.2, 0) is 0 Å². The Labute approximate surface area is 106 Å². The molecule has 0 radical (unpaired) electrons. The highest BCUT2D eigenvalue weighted by atomic mass is 19.1. The van der Waals surface area contributed by atoms with Gasteiger partial charge >= 0.3 is 5.69 Å². The number of benzene rings is 1. The largest absolute Gasteiger partial charge is 0.391 e. The standard InChI is InChI=1S/C11H10F2N2O4/c12-8-4-9(13)10(15(18)19)3-7(8)11(17)14-2-1-6(16)5-14/h3-4,6,16H,1-2,5H2. The zero-order valence-corrected chi connectivity index (χ0v) is 9.68. The molecule has 102 valence electrons. The van der Waals surface area contributed by atoms with Crippen LogP contribution in [0.1, 0.15) is 16.8 Å². The maximum absolute atomic E-state index is 13.5. The summed E-state index contributed by atoms with van der Waals surface area (Å²) < 4.78 is 26.7. The minimum atomic E-state index is -1.33. The van der Waals surface area contributed by atoms with Crippen molar-refractivity contribution in [1.29, 1.82) is 0 Å². The molecule has 1 aromatic carbocycles. The molecule has 1 atom stereocenters. The number of rotatable bonds is 2. The van der Waals surface area contributed by atoms with E-state index in [-0.39, 0.29) is 13.1 Å². The molecule has 1 aromatic rings. The average Bonchev–Trinajstić information content (AvgIpc) is 2.74. The Bertz CT molecular complexity index is 550. The first-order valence-electron chi connectivity index (χ1n) is 5.51. The molecule has 8 heteroatoms. The number of aliphatic hydroxyl groups excluding tert-OH is 1. The molecule has 1 N–H and O–H groups in total. The Morgan fingerprint density at radius 3 is 2.63 bits per heavy atom. The summed E-state index contributed by atoms with van der Waals surface area (Å²) in [7, 11) is 0. The number of halogens is 2. The molecule has 0 bridgehead atoms. The maximum atomic E-state index is 13.5. The number of nitro benzene ring substituents is 1. The first-order chi connectivity index (χ1) is 8.90. The molecule has 0 aliphatic carbocycles. The first-order valence-corrected chi connectivity index (χ1v) is 5.51. The van der Waals surface area contributed by atoms with Crippen molar-refractivity contribution in [2.45, 2.75) is 12.5 Å². The zero-order valence-electron chi connectivity index (χ0n) is 9.68. The van der Waals surface area contributed by atoms with Crippen molar-refractivity contribution in [1.82, 2.24) is 4.90 Å². The highest BCUT2D eigenvalue weighted by Gasteiger charge is 2.29. The Balaban J connectivity index is 2.36. The van der Waals surface area contributed by atoms with Gasteiger partial charge < -0.3 is 10.0 Å². The molecule has 0 saturated carbocycles. The number of nitro groups is 1. The van der Waals surface area contributed by atoms with E-state index in [0.29, 0.717) is 18.6 Å². The first kappa shape index (κ1) is 13.3. The molecule has 1 heterocycles. The summed E-state index contributed by atoms with van der Waals surface area (Å²) in [5.74, 6) is -3.29. The van der Waals surface area contributed by atoms with Crippen LogP contribution in [-0.4, -0.2) is 40.0 Å². The lowest BCUT2D eigenvalue weighted by Gasteiger charge is -2.15. The molecular weight excluding hydrogens is 262 g/mol. The van der Waals surface area contributed by atoms with Crippen LogP contribution >= 0.6 is 0 Å². The summed E-state index contributed by atoms with van der Waals surface area (Å²) >= 11 is 0. The van der Waals surface area contributed by atoms with Crippen molar-refractivity contribution in [2.75, 3.05) is 13.1 Å². The average molecular weight is 272 g/mol. The summed E-state index contributed by atoms with van der Waals surface area (Å²) in [6.07, 6.45) is -0.334. The second-order valence-electron chi connectivity index (χ2n) is 4.23. The Kier molecular flexibility index (Phi) is 3.43. The van der Waals surface area contributed by atoms with Crippen LogP contribution in [0.5, 0.6) is 0 Å². The van der Waals surface area contributed by atoms with Crippen molar-refractivity contribution in [3.05, 3.63) is 39.4 Å². The van der Waals surface area contributed by atoms with E-state index in [1.54, 1.807) is 0 Å². The van der Waals surface area contributed by atoms with Crippen LogP contribution in [0.2, 0.25) is 0 Å². The number of likely N-dealkylation sites (tertiary alicyclic amines) is 1. The molecular formula is C11H10F2N2O4. The molecule has 0 spiro atoms. The molecule has 1 fully saturated rings. The van der Waals surface area contributed by atoms with Gasteiger partial charge in [-0.05, 0) is 6.42 Å². The highest BCUT2D eigenvalue weighted by molar-refractivity contribution is 5.95. The highest BCUT2D eigenvalue weighted by Crippen LogP contribution is 2.23. The Hall–Kier alpha value is -2.09. The van der Waals surface area contributed by atoms with Gasteiger partial charge in [0.25, 0.3) is 5.91 Å². The second kappa shape index (κ2) is 4.88. The Morgan fingerprint density at radius 2 is 2.11 bits per heavy atom. The lowest BCUT2D eigenvalue weighted by Crippen LogP contribution is -2.30. The van der Waals surface area contributed by atoms with E-state index in [9.17, 15) is 28.8 Å². The summed E-state index contributed by atoms with van der Waals surface area (Å²) in [6.45, 7) is 0.258. The van der Waals surface area contributed by atoms with Crippen LogP contribution in [0.25, 0.3) is 0 Å². The SMILES string of the molecule is O=C(c1cc([N+](=O)[O-])c(F)cc1F)N1CCC(O)C1. The number of aliphatic hydroxyl groups is 1. The zero-order chi connectivity index (χ0) is 14.2. The fraction of sp³-hybridized carbons (Fsp3) is 0.364. The van der Waals surface area contributed by atoms with E-state index in [0.717, 1.165) is 0 Å². The predicted octanol–water partition coefficient (Wildman–Crippen LogP) is 1.08. The number of amides is 1. The topological polar surface area (TPSA) is 83.7 Å². The molecule has 1 saturated heterocycles. The van der Waals surface area contributed by atoms with Gasteiger partial charge in [0.1, 0.15) is 5.82 Å². The lowest BCUT2D eigenvalue weighted by molar-refractivity contribution is -0.387. The summed E-state index contributed by atoms with van der Waals surface area (Å²) in [4.78, 5) is 22.6. The van der Waals surface area contributed by atoms with Gasteiger partial charge in [-0.15, -0.1) is 0 Å². The molecule has 1 aliphatic heterocycles. The molecule has 19 heavy (non-hydrogen) atoms. The van der Waals surface area contributed by atoms with Gasteiger partial charge in [0.15, 0.2) is 0 Å². The third kappa shape index (κ3) is 2.53. The van der Waals surface area contributed by atoms with Gasteiger partial charge in [0.05, 0.1) is 16.6 Å². The van der Waals surface area contributed by atoms with E-state index in [4.69, 9.17) is 0 Å². The lowest BCUT2D eigenvalue weighted by atomic mass is 10.1. The fourth-order valence-electron chi connectivity index (χ4n) is 1.94. The number of nitrogens with zero attached hydrogens (tertiary/aromatic N) is 2. The molecule has 0 aromatic heterocycles. The Morgan fingerprint density at radius 1 is 1.42 bits per heavy atom. The van der Waals surface area contributed by atoms with Crippen molar-refractivity contribution in [3.63, 3.8) is 0 Å². The number of hydrogen-bond acceptors (Lipinski definition) is 4. The van der Waals surface area contributed by atoms with Crippen molar-refractivity contribution in [2.24, 2.45) is 0 Å². The van der Waals surface area contributed by atoms with Crippen LogP contribution in [0, 0.1) is 21.7 Å². The van der Waals surface area contributed by atoms with Crippen molar-refractivity contribution in [3.8, 4) is 0 Å². The third-order valence-corrected chi connectivity index (χ3v) is 2.91. The van der Waals surface area contributed by atoms with Gasteiger partial charge in [-0.2, -0.15) is 4.39 Å². The van der Waals surface area contributed by atoms with E-state index < -0.39 is 39.8 Å². The van der Waals surface area contributed by atoms with Crippen LogP contribution in [0.4, 0.5) is 14.5 Å². The number of hydrogen-bond donors (Lipinski definition) is 1. The summed E-state index contributed by atoms with van der Waals surface area (Å²) in [5, 5.41) is 19.9. The van der Waals surface area contributed by atoms with Crippen LogP contribution in [0.15, 0.2) is 12.1 Å². The second-order valence-corrected chi connectivity index (χ2v) is 4.23. The van der Waals surface area contributed by atoms with Gasteiger partial charge in [0.2, 0.25) is 5.82 Å². The third-order valence-electron chi connectivity index (χ3n) is 2.91. The molecule has 2 rings (SSSR count). The van der Waals surface area contributed by atoms with Gasteiger partial charge in [-0.3, -0.25) is 14.9 Å². The fourth-order valence-corrected chi connectivity index (χ4v) is 1.94. The molecule has 1 unspecified atom stereocenters. The number of β-amino-alcohol motifs (C(OH)–C–C–N with tert-alkyl or cyclic N) is 1. The minimum absolute atomic E-state index is 0.0312. The van der Waals surface area contributed by atoms with Crippen LogP contribution < -0.4 is 0 Å². The van der Waals surface area contributed by atoms with E-state index in [1.165, 1.54) is 4.90 Å². The van der Waals surface area contributed by atoms with Crippen molar-refractivity contribution < 1.29 is 23.6 Å². The minimum Gasteiger partial charge on any atom is -0.391 e. The van der Waals surface area contributed by atoms with Crippen LogP contribution in [0.3, 0.4) is 0 Å². The predicted molar refractivity (Wildman–Crippen MR) is 59.5 cm³/mol. The van der Waals surface area contributed by atoms with Gasteiger partial charge in [-0.25, -0.2) is 4.39 Å². The van der Waals surface area contributed by atoms with E-state index in [1.807, 2.05) is 0 Å². The number of carbonyl (C=O) groups excluding carboxylic acids is 1. The maximum Gasteiger partial charge on any atom is 0.305 e. The summed E-state index contributed by atoms with van der Waals surface area (Å²) in [6, 6.07) is 0.898. The summed E-state index contributed by atoms with van der Waals surface area (Å²) in [5.41, 5.74) is -1.52. The number of carbonyl (C=O) groups is 1. The monoisotopic (exact) mass is 272 g/mol. The molecule has 1 amide bonds. The normalized spacial score (nSPS) is 18.7. The van der Waals surface area contributed by atoms with Gasteiger partial charge in [-0.1, -0.05) is 0 Å². The van der Waals surface area contributed by atoms with E-state index >= 15 is 0 Å². The molecule has 1 aliphatic rings. The smallest absolute Gasteiger partial charge is 0.305 e.